The van der Waals surface area contributed by atoms with E-state index in [0.29, 0.717) is 21.4 Å². The average Bonchev–Trinajstić information content (AvgIpc) is 2.64. The lowest BCUT2D eigenvalue weighted by atomic mass is 10.1. The van der Waals surface area contributed by atoms with E-state index in [9.17, 15) is 9.59 Å². The van der Waals surface area contributed by atoms with Crippen LogP contribution < -0.4 is 15.5 Å². The first-order valence-electron chi connectivity index (χ1n) is 7.64. The third-order valence-corrected chi connectivity index (χ3v) is 4.19. The molecule has 136 valence electrons. The second kappa shape index (κ2) is 9.22. The number of hydrogen-bond donors (Lipinski definition) is 2. The summed E-state index contributed by atoms with van der Waals surface area (Å²) in [6.45, 7) is 1.76. The van der Waals surface area contributed by atoms with Crippen LogP contribution >= 0.6 is 23.2 Å². The average molecular weight is 394 g/mol. The van der Waals surface area contributed by atoms with Gasteiger partial charge in [0.1, 0.15) is 5.75 Å². The molecule has 0 radical (unpaired) electrons. The molecule has 26 heavy (non-hydrogen) atoms. The second-order valence-electron chi connectivity index (χ2n) is 5.30. The Balaban J connectivity index is 1.92. The van der Waals surface area contributed by atoms with E-state index in [1.54, 1.807) is 56.5 Å². The fraction of sp³-hybridized carbons (Fsp3) is 0.167. The molecule has 1 atom stereocenters. The number of hydrazone groups is 1. The summed E-state index contributed by atoms with van der Waals surface area (Å²) < 4.78 is 5.08. The van der Waals surface area contributed by atoms with E-state index in [1.165, 1.54) is 6.21 Å². The zero-order chi connectivity index (χ0) is 19.1. The summed E-state index contributed by atoms with van der Waals surface area (Å²) in [5, 5.41) is 7.07. The molecule has 2 aromatic carbocycles. The summed E-state index contributed by atoms with van der Waals surface area (Å²) in [5.74, 6) is -1.00. The summed E-state index contributed by atoms with van der Waals surface area (Å²) in [4.78, 5) is 23.8. The monoisotopic (exact) mass is 393 g/mol. The molecule has 0 aliphatic rings. The van der Waals surface area contributed by atoms with Crippen LogP contribution in [0.1, 0.15) is 24.1 Å². The highest BCUT2D eigenvalue weighted by Gasteiger charge is 2.16. The summed E-state index contributed by atoms with van der Waals surface area (Å²) >= 11 is 12.0. The lowest BCUT2D eigenvalue weighted by molar-refractivity contribution is -0.139. The first-order valence-corrected chi connectivity index (χ1v) is 8.40. The van der Waals surface area contributed by atoms with Crippen LogP contribution in [0.25, 0.3) is 0 Å². The van der Waals surface area contributed by atoms with Crippen LogP contribution in [0.15, 0.2) is 47.6 Å². The van der Waals surface area contributed by atoms with E-state index in [1.807, 2.05) is 0 Å². The van der Waals surface area contributed by atoms with Crippen molar-refractivity contribution in [2.45, 2.75) is 13.0 Å². The summed E-state index contributed by atoms with van der Waals surface area (Å²) in [5.41, 5.74) is 3.42. The Morgan fingerprint density at radius 3 is 2.27 bits per heavy atom. The van der Waals surface area contributed by atoms with Gasteiger partial charge < -0.3 is 10.1 Å². The molecular formula is C18H17Cl2N3O3. The van der Waals surface area contributed by atoms with Crippen molar-refractivity contribution in [3.8, 4) is 5.75 Å². The van der Waals surface area contributed by atoms with Gasteiger partial charge in [-0.2, -0.15) is 5.10 Å². The van der Waals surface area contributed by atoms with Crippen LogP contribution in [-0.2, 0) is 9.59 Å². The largest absolute Gasteiger partial charge is 0.497 e. The first-order chi connectivity index (χ1) is 12.4. The highest BCUT2D eigenvalue weighted by atomic mass is 35.5. The van der Waals surface area contributed by atoms with Gasteiger partial charge >= 0.3 is 11.8 Å². The Morgan fingerprint density at radius 2 is 1.69 bits per heavy atom. The number of hydrogen-bond acceptors (Lipinski definition) is 4. The van der Waals surface area contributed by atoms with Crippen molar-refractivity contribution in [3.05, 3.63) is 63.6 Å². The molecule has 2 rings (SSSR count). The van der Waals surface area contributed by atoms with E-state index < -0.39 is 11.8 Å². The number of nitrogens with one attached hydrogen (secondary N) is 2. The topological polar surface area (TPSA) is 79.8 Å². The number of carbonyl (C=O) groups is 2. The van der Waals surface area contributed by atoms with Gasteiger partial charge in [-0.1, -0.05) is 41.4 Å². The van der Waals surface area contributed by atoms with Gasteiger partial charge in [-0.15, -0.1) is 0 Å². The minimum Gasteiger partial charge on any atom is -0.497 e. The summed E-state index contributed by atoms with van der Waals surface area (Å²) in [6, 6.07) is 11.8. The molecule has 0 aliphatic carbocycles. The quantitative estimate of drug-likeness (QED) is 0.464. The highest BCUT2D eigenvalue weighted by molar-refractivity contribution is 6.38. The van der Waals surface area contributed by atoms with E-state index in [4.69, 9.17) is 27.9 Å². The van der Waals surface area contributed by atoms with Crippen molar-refractivity contribution in [2.75, 3.05) is 7.11 Å². The minimum atomic E-state index is -0.898. The Hall–Kier alpha value is -2.57. The molecule has 0 heterocycles. The van der Waals surface area contributed by atoms with E-state index in [-0.39, 0.29) is 6.04 Å². The van der Waals surface area contributed by atoms with Crippen molar-refractivity contribution >= 4 is 41.2 Å². The zero-order valence-electron chi connectivity index (χ0n) is 14.1. The zero-order valence-corrected chi connectivity index (χ0v) is 15.6. The molecule has 0 aliphatic heterocycles. The number of ether oxygens (including phenoxy) is 1. The third-order valence-electron chi connectivity index (χ3n) is 3.53. The lowest BCUT2D eigenvalue weighted by Gasteiger charge is -2.13. The van der Waals surface area contributed by atoms with Crippen molar-refractivity contribution in [3.63, 3.8) is 0 Å². The van der Waals surface area contributed by atoms with Crippen LogP contribution in [0.5, 0.6) is 5.75 Å². The van der Waals surface area contributed by atoms with E-state index in [2.05, 4.69) is 15.8 Å². The highest BCUT2D eigenvalue weighted by Crippen LogP contribution is 2.22. The summed E-state index contributed by atoms with van der Waals surface area (Å²) in [7, 11) is 1.57. The van der Waals surface area contributed by atoms with Crippen LogP contribution in [0.4, 0.5) is 0 Å². The molecular weight excluding hydrogens is 377 g/mol. The standard InChI is InChI=1S/C18H17Cl2N3O3/c1-11(12-6-8-13(26-2)9-7-12)22-17(24)18(25)23-21-10-14-15(19)4-3-5-16(14)20/h3-11H,1-2H3,(H,22,24)(H,23,25)/b21-10-/t11-/m0/s1. The number of nitrogens with zero attached hydrogens (tertiary/aromatic N) is 1. The predicted octanol–water partition coefficient (Wildman–Crippen LogP) is 3.33. The van der Waals surface area contributed by atoms with Crippen LogP contribution in [0, 0.1) is 0 Å². The van der Waals surface area contributed by atoms with Gasteiger partial charge in [0.2, 0.25) is 0 Å². The molecule has 2 amide bonds. The molecule has 0 unspecified atom stereocenters. The normalized spacial score (nSPS) is 11.8. The molecule has 0 aromatic heterocycles. The number of methoxy groups -OCH3 is 1. The van der Waals surface area contributed by atoms with Crippen molar-refractivity contribution in [1.82, 2.24) is 10.7 Å². The maximum Gasteiger partial charge on any atom is 0.329 e. The van der Waals surface area contributed by atoms with Crippen LogP contribution in [0.3, 0.4) is 0 Å². The predicted molar refractivity (Wildman–Crippen MR) is 102 cm³/mol. The number of rotatable bonds is 5. The smallest absolute Gasteiger partial charge is 0.329 e. The van der Waals surface area contributed by atoms with E-state index in [0.717, 1.165) is 5.56 Å². The molecule has 6 nitrogen and oxygen atoms in total. The van der Waals surface area contributed by atoms with Crippen LogP contribution in [-0.4, -0.2) is 25.1 Å². The first kappa shape index (κ1) is 19.8. The van der Waals surface area contributed by atoms with Gasteiger partial charge in [0, 0.05) is 5.56 Å². The Labute approximate surface area is 161 Å². The second-order valence-corrected chi connectivity index (χ2v) is 6.12. The number of carbonyl (C=O) groups excluding carboxylic acids is 2. The third kappa shape index (κ3) is 5.21. The van der Waals surface area contributed by atoms with E-state index >= 15 is 0 Å². The summed E-state index contributed by atoms with van der Waals surface area (Å²) in [6.07, 6.45) is 1.28. The maximum absolute atomic E-state index is 12.0. The Kier molecular flexibility index (Phi) is 7.00. The number of amides is 2. The molecule has 0 fully saturated rings. The fourth-order valence-electron chi connectivity index (χ4n) is 2.08. The van der Waals surface area contributed by atoms with Gasteiger partial charge in [-0.25, -0.2) is 5.43 Å². The molecule has 0 saturated carbocycles. The molecule has 0 bridgehead atoms. The molecule has 0 spiro atoms. The van der Waals surface area contributed by atoms with Crippen molar-refractivity contribution < 1.29 is 14.3 Å². The lowest BCUT2D eigenvalue weighted by Crippen LogP contribution is -2.39. The molecule has 0 saturated heterocycles. The van der Waals surface area contributed by atoms with Crippen LogP contribution in [0.2, 0.25) is 10.0 Å². The fourth-order valence-corrected chi connectivity index (χ4v) is 2.57. The van der Waals surface area contributed by atoms with Gasteiger partial charge in [0.25, 0.3) is 0 Å². The van der Waals surface area contributed by atoms with Gasteiger partial charge in [-0.05, 0) is 36.8 Å². The van der Waals surface area contributed by atoms with Crippen molar-refractivity contribution in [2.24, 2.45) is 5.10 Å². The van der Waals surface area contributed by atoms with Gasteiger partial charge in [0.15, 0.2) is 0 Å². The molecule has 8 heteroatoms. The Bertz CT molecular complexity index is 803. The van der Waals surface area contributed by atoms with Crippen molar-refractivity contribution in [1.29, 1.82) is 0 Å². The maximum atomic E-state index is 12.0. The minimum absolute atomic E-state index is 0.360. The Morgan fingerprint density at radius 1 is 1.08 bits per heavy atom. The van der Waals surface area contributed by atoms with Gasteiger partial charge in [0.05, 0.1) is 29.4 Å². The van der Waals surface area contributed by atoms with Gasteiger partial charge in [-0.3, -0.25) is 9.59 Å². The number of benzene rings is 2. The molecule has 2 N–H and O–H groups in total. The molecule has 2 aromatic rings. The number of halogens is 2. The SMILES string of the molecule is COc1ccc([C@H](C)NC(=O)C(=O)N/N=C\c2c(Cl)cccc2Cl)cc1.